The molecule has 5 aromatic carbocycles. The van der Waals surface area contributed by atoms with Crippen molar-refractivity contribution in [1.82, 2.24) is 62.8 Å². The van der Waals surface area contributed by atoms with Gasteiger partial charge < -0.3 is 97.2 Å². The van der Waals surface area contributed by atoms with Gasteiger partial charge in [-0.1, -0.05) is 115 Å². The number of carbonyl (C=O) groups excluding carboxylic acids is 10. The number of rotatable bonds is 47. The molecule has 0 radical (unpaired) electrons. The number of fused-ring (bicyclic) bond motifs is 3. The smallest absolute Gasteiger partial charge is 0.244 e. The summed E-state index contributed by atoms with van der Waals surface area (Å²) in [7, 11) is 0. The number of H-pyrrole nitrogens is 3. The second kappa shape index (κ2) is 43.1. The number of nitrogens with two attached hydrogens (primary N) is 6. The summed E-state index contributed by atoms with van der Waals surface area (Å²) in [5.41, 5.74) is 40.9. The molecule has 0 fully saturated rings. The third-order valence-electron chi connectivity index (χ3n) is 19.4. The van der Waals surface area contributed by atoms with Gasteiger partial charge in [-0.25, -0.2) is 0 Å². The van der Waals surface area contributed by atoms with Crippen molar-refractivity contribution in [2.24, 2.45) is 34.4 Å². The Labute approximate surface area is 629 Å². The highest BCUT2D eigenvalue weighted by atomic mass is 16.2. The molecule has 0 saturated carbocycles. The van der Waals surface area contributed by atoms with Crippen LogP contribution in [0.25, 0.3) is 32.7 Å². The lowest BCUT2D eigenvalue weighted by Gasteiger charge is -2.31. The van der Waals surface area contributed by atoms with Gasteiger partial charge in [0.2, 0.25) is 59.1 Å². The first kappa shape index (κ1) is 82.9. The highest BCUT2D eigenvalue weighted by Crippen LogP contribution is 2.30. The number of primary amides is 1. The molecule has 108 heavy (non-hydrogen) atoms. The molecule has 8 rings (SSSR count). The quantitative estimate of drug-likeness (QED) is 0.0243. The van der Waals surface area contributed by atoms with Gasteiger partial charge in [-0.15, -0.1) is 0 Å². The summed E-state index contributed by atoms with van der Waals surface area (Å²) in [6.07, 6.45) is 9.90. The third-order valence-corrected chi connectivity index (χ3v) is 19.4. The van der Waals surface area contributed by atoms with Gasteiger partial charge in [0, 0.05) is 83.4 Å². The summed E-state index contributed by atoms with van der Waals surface area (Å²) >= 11 is 0. The molecule has 28 nitrogen and oxygen atoms in total. The predicted octanol–water partition coefficient (Wildman–Crippen LogP) is 3.50. The van der Waals surface area contributed by atoms with Crippen LogP contribution < -0.4 is 82.3 Å². The zero-order chi connectivity index (χ0) is 77.3. The molecule has 0 unspecified atom stereocenters. The average molecular weight is 1480 g/mol. The van der Waals surface area contributed by atoms with E-state index in [1.807, 2.05) is 109 Å². The summed E-state index contributed by atoms with van der Waals surface area (Å²) in [6.45, 7) is 2.77. The summed E-state index contributed by atoms with van der Waals surface area (Å²) in [6, 6.07) is 28.5. The van der Waals surface area contributed by atoms with E-state index in [2.05, 4.69) is 62.8 Å². The van der Waals surface area contributed by atoms with E-state index in [0.717, 1.165) is 32.7 Å². The van der Waals surface area contributed by atoms with E-state index in [1.165, 1.54) is 6.92 Å². The van der Waals surface area contributed by atoms with Crippen LogP contribution in [0.1, 0.15) is 137 Å². The summed E-state index contributed by atoms with van der Waals surface area (Å²) in [5.74, 6) is -8.10. The fraction of sp³-hybridized carbons (Fsp3) is 0.425. The Balaban J connectivity index is 1.12. The van der Waals surface area contributed by atoms with Gasteiger partial charge in [0.25, 0.3) is 0 Å². The number of hydrogen-bond donors (Lipinski definition) is 18. The highest BCUT2D eigenvalue weighted by molar-refractivity contribution is 6.00. The van der Waals surface area contributed by atoms with Gasteiger partial charge in [-0.3, -0.25) is 47.9 Å². The van der Waals surface area contributed by atoms with Gasteiger partial charge >= 0.3 is 0 Å². The Morgan fingerprint density at radius 2 is 0.565 bits per heavy atom. The SMILES string of the molecule is CC(=O)N[C@@H](CCCCN)C(=O)N[C@@H](CCCCN)C(=O)N[C@@H](Cc1c[nH]c2ccccc12)C(=O)N[C@@H](Cc1c[nH]c2ccccc12)C(=O)N[C@@H](CCCCN)C(=O)N[C@@H](CCCCN)C(=O)N[C@@H](Cc1c[nH]c2ccccc12)C(=O)N[C@H](C(=O)N[C@@H](CCCCN)C(N)=O)C(c1ccccc1)c1ccccc1. The second-order valence-corrected chi connectivity index (χ2v) is 27.5. The normalized spacial score (nSPS) is 13.9. The molecule has 578 valence electrons. The summed E-state index contributed by atoms with van der Waals surface area (Å²) in [4.78, 5) is 157. The molecule has 0 spiro atoms. The summed E-state index contributed by atoms with van der Waals surface area (Å²) in [5, 5.41) is 28.3. The molecule has 24 N–H and O–H groups in total. The van der Waals surface area contributed by atoms with Crippen molar-refractivity contribution in [2.75, 3.05) is 32.7 Å². The molecule has 9 atom stereocenters. The van der Waals surface area contributed by atoms with Crippen molar-refractivity contribution in [1.29, 1.82) is 0 Å². The lowest BCUT2D eigenvalue weighted by molar-refractivity contribution is -0.136. The standard InChI is InChI=1S/C80H108N18O10/c1-50(99)90-63(35-15-20-40-82)73(101)92-65(37-17-22-42-84)75(103)95-68(45-54-48-88-60-32-12-9-29-57(54)60)78(106)97-67(44-53-47-87-59-31-11-8-28-56(53)59)77(105)94-64(36-16-21-41-83)74(102)93-66(38-18-23-43-85)76(104)96-69(46-55-49-89-61-33-13-10-30-58(55)61)79(107)98-71(80(108)91-62(72(86)100)34-14-19-39-81)70(51-24-4-2-5-25-51)52-26-6-3-7-27-52/h2-13,24-33,47-49,62-71,87-89H,14-23,34-46,81-85H2,1H3,(H2,86,100)(H,90,99)(H,91,108)(H,92,101)(H,93,102)(H,94,105)(H,95,103)(H,96,104)(H,97,106)(H,98,107)/t62-,63-,64-,65-,66-,67-,68-,69-,71-/m0/s1. The van der Waals surface area contributed by atoms with Crippen LogP contribution in [0.3, 0.4) is 0 Å². The van der Waals surface area contributed by atoms with Crippen molar-refractivity contribution < 1.29 is 47.9 Å². The number of benzene rings is 5. The second-order valence-electron chi connectivity index (χ2n) is 27.5. The Bertz CT molecular complexity index is 4200. The minimum Gasteiger partial charge on any atom is -0.368 e. The number of aromatic nitrogens is 3. The molecular weight excluding hydrogens is 1370 g/mol. The van der Waals surface area contributed by atoms with E-state index in [0.29, 0.717) is 112 Å². The fourth-order valence-electron chi connectivity index (χ4n) is 13.6. The monoisotopic (exact) mass is 1480 g/mol. The first-order chi connectivity index (χ1) is 52.3. The number of unbranched alkanes of at least 4 members (excludes halogenated alkanes) is 5. The molecule has 0 bridgehead atoms. The molecule has 0 saturated heterocycles. The van der Waals surface area contributed by atoms with Gasteiger partial charge in [-0.2, -0.15) is 0 Å². The maximum absolute atomic E-state index is 15.6. The molecule has 10 amide bonds. The van der Waals surface area contributed by atoms with E-state index in [4.69, 9.17) is 34.4 Å². The number of para-hydroxylation sites is 3. The molecule has 0 aliphatic rings. The van der Waals surface area contributed by atoms with Crippen LogP contribution in [0.5, 0.6) is 0 Å². The van der Waals surface area contributed by atoms with Crippen LogP contribution in [0.4, 0.5) is 0 Å². The molecule has 28 heteroatoms. The minimum absolute atomic E-state index is 0.00859. The van der Waals surface area contributed by atoms with Gasteiger partial charge in [0.05, 0.1) is 0 Å². The van der Waals surface area contributed by atoms with Gasteiger partial charge in [0.15, 0.2) is 0 Å². The number of carbonyl (C=O) groups is 10. The molecular formula is C80H108N18O10. The Morgan fingerprint density at radius 3 is 0.870 bits per heavy atom. The van der Waals surface area contributed by atoms with Crippen LogP contribution >= 0.6 is 0 Å². The van der Waals surface area contributed by atoms with Crippen LogP contribution in [-0.2, 0) is 67.2 Å². The largest absolute Gasteiger partial charge is 0.368 e. The zero-order valence-corrected chi connectivity index (χ0v) is 61.5. The Morgan fingerprint density at radius 1 is 0.306 bits per heavy atom. The van der Waals surface area contributed by atoms with E-state index < -0.39 is 119 Å². The Hall–Kier alpha value is -10.8. The molecule has 3 heterocycles. The third kappa shape index (κ3) is 24.4. The van der Waals surface area contributed by atoms with Gasteiger partial charge in [-0.05, 0) is 175 Å². The van der Waals surface area contributed by atoms with Crippen LogP contribution in [0.15, 0.2) is 152 Å². The first-order valence-corrected chi connectivity index (χ1v) is 37.6. The number of aromatic amines is 3. The van der Waals surface area contributed by atoms with E-state index >= 15 is 28.8 Å². The molecule has 0 aliphatic carbocycles. The fourth-order valence-corrected chi connectivity index (χ4v) is 13.6. The number of hydrogen-bond acceptors (Lipinski definition) is 15. The first-order valence-electron chi connectivity index (χ1n) is 37.6. The minimum atomic E-state index is -1.45. The van der Waals surface area contributed by atoms with E-state index in [-0.39, 0.29) is 64.5 Å². The average Bonchev–Trinajstić information content (AvgIpc) is 1.39. The van der Waals surface area contributed by atoms with Crippen molar-refractivity contribution in [3.05, 3.63) is 180 Å². The van der Waals surface area contributed by atoms with Crippen molar-refractivity contribution in [3.63, 3.8) is 0 Å². The highest BCUT2D eigenvalue weighted by Gasteiger charge is 2.39. The lowest BCUT2D eigenvalue weighted by Crippen LogP contribution is -2.61. The van der Waals surface area contributed by atoms with E-state index in [9.17, 15) is 19.2 Å². The lowest BCUT2D eigenvalue weighted by atomic mass is 9.84. The van der Waals surface area contributed by atoms with Gasteiger partial charge in [0.1, 0.15) is 54.4 Å². The van der Waals surface area contributed by atoms with Crippen LogP contribution in [0, 0.1) is 0 Å². The van der Waals surface area contributed by atoms with Crippen LogP contribution in [0.2, 0.25) is 0 Å². The predicted molar refractivity (Wildman–Crippen MR) is 418 cm³/mol. The number of amides is 10. The van der Waals surface area contributed by atoms with E-state index in [1.54, 1.807) is 42.9 Å². The summed E-state index contributed by atoms with van der Waals surface area (Å²) < 4.78 is 0. The maximum atomic E-state index is 15.6. The molecule has 8 aromatic rings. The molecule has 3 aromatic heterocycles. The Kier molecular flexibility index (Phi) is 33.1. The maximum Gasteiger partial charge on any atom is 0.244 e. The van der Waals surface area contributed by atoms with Crippen molar-refractivity contribution >= 4 is 91.8 Å². The van der Waals surface area contributed by atoms with Crippen molar-refractivity contribution in [3.8, 4) is 0 Å². The molecule has 0 aliphatic heterocycles. The number of nitrogens with one attached hydrogen (secondary N) is 12. The topological polar surface area (TPSA) is 482 Å². The van der Waals surface area contributed by atoms with Crippen molar-refractivity contribution in [2.45, 2.75) is 183 Å². The zero-order valence-electron chi connectivity index (χ0n) is 61.5. The van der Waals surface area contributed by atoms with Crippen LogP contribution in [-0.4, -0.2) is 161 Å².